The number of hydrogen-bond donors (Lipinski definition) is 5. The number of nitrogens with two attached hydrogens (primary N) is 1. The lowest BCUT2D eigenvalue weighted by atomic mass is 9.44. The van der Waals surface area contributed by atoms with Crippen molar-refractivity contribution in [1.29, 1.82) is 0 Å². The number of halogens is 1. The molecule has 6 N–H and O–H groups in total. The molecule has 1 amide bonds. The van der Waals surface area contributed by atoms with E-state index >= 15 is 4.39 Å². The van der Waals surface area contributed by atoms with E-state index < -0.39 is 82.3 Å². The minimum Gasteiger partial charge on any atom is -0.461 e. The summed E-state index contributed by atoms with van der Waals surface area (Å²) in [5.41, 5.74) is 2.29. The number of ketones is 1. The molecule has 4 aliphatic carbocycles. The number of anilines is 1. The molecule has 0 saturated heterocycles. The molecular weight excluding hydrogens is 746 g/mol. The number of pyridine rings is 1. The van der Waals surface area contributed by atoms with Gasteiger partial charge in [0.05, 0.1) is 31.0 Å². The number of aromatic nitrogens is 1. The maximum atomic E-state index is 17.5. The Bertz CT molecular complexity index is 2160. The average molecular weight is 798 g/mol. The highest BCUT2D eigenvalue weighted by Gasteiger charge is 2.75. The van der Waals surface area contributed by atoms with Gasteiger partial charge < -0.3 is 35.8 Å². The van der Waals surface area contributed by atoms with Gasteiger partial charge in [-0.05, 0) is 79.2 Å². The molecule has 4 aliphatic rings. The molecule has 7 rings (SSSR count). The molecule has 0 aliphatic heterocycles. The Kier molecular flexibility index (Phi) is 11.2. The lowest BCUT2D eigenvalue weighted by molar-refractivity contribution is -0.220. The molecule has 1 heterocycles. The van der Waals surface area contributed by atoms with Crippen molar-refractivity contribution in [3.63, 3.8) is 0 Å². The predicted octanol–water partition coefficient (Wildman–Crippen LogP) is 4.99. The quantitative estimate of drug-likeness (QED) is 0.122. The molecule has 3 saturated carbocycles. The van der Waals surface area contributed by atoms with E-state index in [1.165, 1.54) is 6.08 Å². The standard InChI is InChI=1S/C45H52FN3O9/c1-26-18-36-35-11-9-31-20-33(50)14-16-42(31,2)44(35,46)37(51)21-43(36,3)45(26,56)38(52)25-58-40(54)13-12-39(53)57-24-27-4-6-28(7-5-27)34(22-47)41(55)49-32-10-8-30-23-48-17-15-29(30)19-32/h4-8,10,14-17,19-20,23,26,33-37,50-51,56H,9,11-13,18,21-22,24-25,47H2,1-3H3,(H,49,55)/t26-,33?,34-,35+,36+,37+,42+,43+,44+,45+/m1/s1. The van der Waals surface area contributed by atoms with Crippen molar-refractivity contribution >= 4 is 40.1 Å². The van der Waals surface area contributed by atoms with Gasteiger partial charge in [-0.2, -0.15) is 0 Å². The van der Waals surface area contributed by atoms with E-state index in [-0.39, 0.29) is 38.3 Å². The zero-order valence-corrected chi connectivity index (χ0v) is 33.0. The molecule has 1 unspecified atom stereocenters. The number of allylic oxidation sites excluding steroid dienone is 2. The van der Waals surface area contributed by atoms with Gasteiger partial charge in [-0.3, -0.25) is 24.2 Å². The van der Waals surface area contributed by atoms with E-state index in [1.54, 1.807) is 75.6 Å². The average Bonchev–Trinajstić information content (AvgIpc) is 3.41. The zero-order valence-electron chi connectivity index (χ0n) is 33.0. The molecule has 13 heteroatoms. The summed E-state index contributed by atoms with van der Waals surface area (Å²) >= 11 is 0. The Morgan fingerprint density at radius 3 is 2.45 bits per heavy atom. The number of benzene rings is 2. The van der Waals surface area contributed by atoms with Gasteiger partial charge in [0.1, 0.15) is 12.2 Å². The third-order valence-corrected chi connectivity index (χ3v) is 13.9. The second kappa shape index (κ2) is 15.7. The molecule has 0 radical (unpaired) electrons. The van der Waals surface area contributed by atoms with Gasteiger partial charge in [0.25, 0.3) is 0 Å². The largest absolute Gasteiger partial charge is 0.461 e. The lowest BCUT2D eigenvalue weighted by Gasteiger charge is -2.62. The van der Waals surface area contributed by atoms with Crippen LogP contribution in [0, 0.1) is 28.6 Å². The fraction of sp³-hybridized carbons (Fsp3) is 0.489. The second-order valence-corrected chi connectivity index (χ2v) is 17.0. The van der Waals surface area contributed by atoms with Crippen molar-refractivity contribution in [1.82, 2.24) is 4.98 Å². The van der Waals surface area contributed by atoms with Gasteiger partial charge in [-0.25, -0.2) is 4.39 Å². The molecule has 0 bridgehead atoms. The number of nitrogens with zero attached hydrogens (tertiary/aromatic N) is 1. The predicted molar refractivity (Wildman–Crippen MR) is 212 cm³/mol. The Morgan fingerprint density at radius 1 is 1.00 bits per heavy atom. The molecule has 0 spiro atoms. The van der Waals surface area contributed by atoms with Crippen molar-refractivity contribution in [2.75, 3.05) is 18.5 Å². The lowest BCUT2D eigenvalue weighted by Crippen LogP contribution is -2.69. The fourth-order valence-electron chi connectivity index (χ4n) is 10.7. The van der Waals surface area contributed by atoms with Gasteiger partial charge in [0.15, 0.2) is 12.3 Å². The van der Waals surface area contributed by atoms with Crippen molar-refractivity contribution in [2.45, 2.75) is 95.3 Å². The van der Waals surface area contributed by atoms with Crippen LogP contribution in [-0.4, -0.2) is 80.6 Å². The number of aliphatic hydroxyl groups excluding tert-OH is 2. The van der Waals surface area contributed by atoms with Crippen molar-refractivity contribution in [2.24, 2.45) is 34.3 Å². The highest BCUT2D eigenvalue weighted by Crippen LogP contribution is 2.70. The van der Waals surface area contributed by atoms with Crippen LogP contribution in [-0.2, 0) is 35.3 Å². The minimum absolute atomic E-state index is 0.0736. The number of esters is 2. The van der Waals surface area contributed by atoms with Gasteiger partial charge in [0.2, 0.25) is 11.7 Å². The first-order valence-electron chi connectivity index (χ1n) is 20.0. The summed E-state index contributed by atoms with van der Waals surface area (Å²) in [4.78, 5) is 56.2. The number of rotatable bonds is 12. The van der Waals surface area contributed by atoms with Crippen LogP contribution in [0.25, 0.3) is 10.8 Å². The van der Waals surface area contributed by atoms with Crippen LogP contribution in [0.4, 0.5) is 10.1 Å². The molecule has 12 nitrogen and oxygen atoms in total. The first kappa shape index (κ1) is 41.3. The minimum atomic E-state index is -2.07. The van der Waals surface area contributed by atoms with Crippen LogP contribution >= 0.6 is 0 Å². The monoisotopic (exact) mass is 797 g/mol. The van der Waals surface area contributed by atoms with Crippen molar-refractivity contribution in [3.05, 3.63) is 95.9 Å². The number of hydrogen-bond acceptors (Lipinski definition) is 11. The summed E-state index contributed by atoms with van der Waals surface area (Å²) in [6, 6.07) is 14.3. The molecule has 1 aromatic heterocycles. The van der Waals surface area contributed by atoms with Gasteiger partial charge in [0, 0.05) is 46.8 Å². The van der Waals surface area contributed by atoms with E-state index in [9.17, 15) is 34.5 Å². The van der Waals surface area contributed by atoms with Crippen molar-refractivity contribution < 1.29 is 48.4 Å². The highest BCUT2D eigenvalue weighted by atomic mass is 19.1. The molecule has 308 valence electrons. The van der Waals surface area contributed by atoms with Gasteiger partial charge in [-0.1, -0.05) is 68.0 Å². The number of ether oxygens (including phenoxy) is 2. The van der Waals surface area contributed by atoms with Crippen molar-refractivity contribution in [3.8, 4) is 0 Å². The molecule has 58 heavy (non-hydrogen) atoms. The molecule has 3 aromatic rings. The number of carbonyl (C=O) groups excluding carboxylic acids is 4. The van der Waals surface area contributed by atoms with Gasteiger partial charge in [-0.15, -0.1) is 0 Å². The smallest absolute Gasteiger partial charge is 0.306 e. The van der Waals surface area contributed by atoms with E-state index in [0.717, 1.165) is 16.3 Å². The summed E-state index contributed by atoms with van der Waals surface area (Å²) < 4.78 is 28.1. The number of aliphatic hydroxyl groups is 3. The summed E-state index contributed by atoms with van der Waals surface area (Å²) in [5, 5.41) is 38.7. The molecular formula is C45H52FN3O9. The van der Waals surface area contributed by atoms with Crippen LogP contribution in [0.3, 0.4) is 0 Å². The van der Waals surface area contributed by atoms with Crippen LogP contribution in [0.1, 0.15) is 76.3 Å². The summed E-state index contributed by atoms with van der Waals surface area (Å²) in [6.07, 6.45) is 6.36. The normalized spacial score (nSPS) is 32.9. The van der Waals surface area contributed by atoms with E-state index in [4.69, 9.17) is 15.2 Å². The highest BCUT2D eigenvalue weighted by molar-refractivity contribution is 5.98. The first-order chi connectivity index (χ1) is 27.5. The van der Waals surface area contributed by atoms with Crippen LogP contribution in [0.2, 0.25) is 0 Å². The SMILES string of the molecule is C[C@@H]1C[C@H]2[C@@H]3CCC4=CC(O)C=C[C@]4(C)[C@@]3(F)[C@@H](O)C[C@]2(C)[C@@]1(O)C(=O)COC(=O)CCC(=O)OCc1ccc([C@@H](CN)C(=O)Nc2ccc3cnccc3c2)cc1. The molecule has 2 aromatic carbocycles. The van der Waals surface area contributed by atoms with Crippen LogP contribution in [0.5, 0.6) is 0 Å². The number of amides is 1. The van der Waals surface area contributed by atoms with E-state index in [1.807, 2.05) is 18.2 Å². The van der Waals surface area contributed by atoms with E-state index in [2.05, 4.69) is 10.3 Å². The third kappa shape index (κ3) is 6.95. The number of nitrogens with one attached hydrogen (secondary N) is 1. The van der Waals surface area contributed by atoms with Crippen LogP contribution < -0.4 is 11.1 Å². The van der Waals surface area contributed by atoms with Gasteiger partial charge >= 0.3 is 11.9 Å². The number of fused-ring (bicyclic) bond motifs is 6. The molecule has 3 fully saturated rings. The first-order valence-corrected chi connectivity index (χ1v) is 20.0. The Morgan fingerprint density at radius 2 is 1.72 bits per heavy atom. The number of carbonyl (C=O) groups is 4. The Labute approximate surface area is 336 Å². The maximum absolute atomic E-state index is 17.5. The summed E-state index contributed by atoms with van der Waals surface area (Å²) in [5.74, 6) is -4.80. The Hall–Kier alpha value is -4.82. The van der Waals surface area contributed by atoms with E-state index in [0.29, 0.717) is 36.1 Å². The second-order valence-electron chi connectivity index (χ2n) is 17.0. The third-order valence-electron chi connectivity index (χ3n) is 13.9. The van der Waals surface area contributed by atoms with Crippen LogP contribution in [0.15, 0.2) is 84.7 Å². The fourth-order valence-corrected chi connectivity index (χ4v) is 10.7. The topological polar surface area (TPSA) is 198 Å². The Balaban J connectivity index is 0.889. The molecule has 10 atom stereocenters. The summed E-state index contributed by atoms with van der Waals surface area (Å²) in [6.45, 7) is 4.45. The summed E-state index contributed by atoms with van der Waals surface area (Å²) in [7, 11) is 0. The number of alkyl halides is 1. The zero-order chi connectivity index (χ0) is 41.6. The number of Topliss-reactive ketones (excluding diaryl/α,β-unsaturated/α-hetero) is 1. The maximum Gasteiger partial charge on any atom is 0.306 e.